The van der Waals surface area contributed by atoms with E-state index in [-0.39, 0.29) is 10.6 Å². The highest BCUT2D eigenvalue weighted by atomic mass is 79.9. The van der Waals surface area contributed by atoms with Crippen molar-refractivity contribution >= 4 is 43.0 Å². The van der Waals surface area contributed by atoms with Crippen molar-refractivity contribution in [2.45, 2.75) is 11.8 Å². The Morgan fingerprint density at radius 3 is 2.71 bits per heavy atom. The third kappa shape index (κ3) is 2.60. The van der Waals surface area contributed by atoms with E-state index in [1.807, 2.05) is 24.3 Å². The lowest BCUT2D eigenvalue weighted by Gasteiger charge is -2.13. The lowest BCUT2D eigenvalue weighted by atomic mass is 10.0. The molecule has 0 saturated heterocycles. The zero-order chi connectivity index (χ0) is 15.1. The second kappa shape index (κ2) is 5.46. The third-order valence-electron chi connectivity index (χ3n) is 3.53. The molecule has 1 atom stereocenters. The maximum absolute atomic E-state index is 11.6. The minimum atomic E-state index is -0.343. The first kappa shape index (κ1) is 14.6. The van der Waals surface area contributed by atoms with Crippen LogP contribution in [-0.4, -0.2) is 4.57 Å². The van der Waals surface area contributed by atoms with Crippen LogP contribution in [0.3, 0.4) is 0 Å². The molecule has 0 fully saturated rings. The largest absolute Gasteiger partial charge is 0.419 e. The molecular weight excluding hydrogens is 398 g/mol. The number of benzene rings is 2. The summed E-state index contributed by atoms with van der Waals surface area (Å²) in [5.41, 5.74) is 4.79. The van der Waals surface area contributed by atoms with Gasteiger partial charge in [-0.1, -0.05) is 55.6 Å². The Morgan fingerprint density at radius 1 is 1.19 bits per heavy atom. The van der Waals surface area contributed by atoms with E-state index in [1.165, 1.54) is 10.1 Å². The van der Waals surface area contributed by atoms with Gasteiger partial charge in [0.25, 0.3) is 0 Å². The summed E-state index contributed by atoms with van der Waals surface area (Å²) in [7, 11) is 1.70. The van der Waals surface area contributed by atoms with E-state index in [4.69, 9.17) is 4.42 Å². The lowest BCUT2D eigenvalue weighted by molar-refractivity contribution is 0.528. The predicted molar refractivity (Wildman–Crippen MR) is 91.1 cm³/mol. The number of aryl methyl sites for hydroxylation is 2. The summed E-state index contributed by atoms with van der Waals surface area (Å²) < 4.78 is 7.80. The molecule has 3 rings (SSSR count). The van der Waals surface area contributed by atoms with Gasteiger partial charge < -0.3 is 4.42 Å². The van der Waals surface area contributed by atoms with Gasteiger partial charge in [0.05, 0.1) is 10.3 Å². The lowest BCUT2D eigenvalue weighted by Crippen LogP contribution is -2.08. The molecule has 0 amide bonds. The first-order valence-electron chi connectivity index (χ1n) is 6.47. The summed E-state index contributed by atoms with van der Waals surface area (Å²) in [4.78, 5) is 11.6. The quantitative estimate of drug-likeness (QED) is 0.574. The Bertz CT molecular complexity index is 880. The second-order valence-corrected chi connectivity index (χ2v) is 6.81. The maximum atomic E-state index is 11.6. The molecule has 0 aliphatic rings. The fourth-order valence-electron chi connectivity index (χ4n) is 2.35. The number of aromatic nitrogens is 1. The van der Waals surface area contributed by atoms with E-state index < -0.39 is 0 Å². The van der Waals surface area contributed by atoms with Gasteiger partial charge in [-0.15, -0.1) is 0 Å². The van der Waals surface area contributed by atoms with E-state index >= 15 is 0 Å². The van der Waals surface area contributed by atoms with Crippen LogP contribution in [0.2, 0.25) is 0 Å². The maximum Gasteiger partial charge on any atom is 0.419 e. The average molecular weight is 411 g/mol. The van der Waals surface area contributed by atoms with Crippen LogP contribution in [0.25, 0.3) is 11.1 Å². The van der Waals surface area contributed by atoms with Crippen molar-refractivity contribution in [1.29, 1.82) is 0 Å². The molecule has 0 N–H and O–H groups in total. The molecule has 1 aromatic heterocycles. The van der Waals surface area contributed by atoms with Crippen molar-refractivity contribution in [1.82, 2.24) is 4.57 Å². The molecule has 0 spiro atoms. The standard InChI is InChI=1S/C16H13Br2NO2/c1-9-3-5-12(17)11(7-9)15(18)10-4-6-13-14(8-10)21-16(20)19(13)2/h3-8,15H,1-2H3. The van der Waals surface area contributed by atoms with Gasteiger partial charge in [0.2, 0.25) is 0 Å². The molecular formula is C16H13Br2NO2. The van der Waals surface area contributed by atoms with Crippen LogP contribution in [0.1, 0.15) is 21.5 Å². The highest BCUT2D eigenvalue weighted by Crippen LogP contribution is 2.36. The summed E-state index contributed by atoms with van der Waals surface area (Å²) in [6, 6.07) is 12.1. The molecule has 3 aromatic rings. The topological polar surface area (TPSA) is 35.1 Å². The Morgan fingerprint density at radius 2 is 1.95 bits per heavy atom. The normalized spacial score (nSPS) is 12.8. The van der Waals surface area contributed by atoms with Crippen molar-refractivity contribution in [2.75, 3.05) is 0 Å². The number of rotatable bonds is 2. The molecule has 108 valence electrons. The minimum absolute atomic E-state index is 0.0293. The van der Waals surface area contributed by atoms with Crippen LogP contribution in [0.4, 0.5) is 0 Å². The van der Waals surface area contributed by atoms with Crippen LogP contribution in [0, 0.1) is 6.92 Å². The van der Waals surface area contributed by atoms with Crippen LogP contribution in [0.15, 0.2) is 50.1 Å². The Kier molecular flexibility index (Phi) is 3.80. The van der Waals surface area contributed by atoms with Gasteiger partial charge in [-0.25, -0.2) is 4.79 Å². The molecule has 21 heavy (non-hydrogen) atoms. The average Bonchev–Trinajstić information content (AvgIpc) is 2.75. The number of fused-ring (bicyclic) bond motifs is 1. The first-order chi connectivity index (χ1) is 9.97. The van der Waals surface area contributed by atoms with Crippen molar-refractivity contribution in [2.24, 2.45) is 7.05 Å². The summed E-state index contributed by atoms with van der Waals surface area (Å²) in [6.45, 7) is 2.06. The Hall–Kier alpha value is -1.33. The molecule has 1 unspecified atom stereocenters. The predicted octanol–water partition coefficient (Wildman–Crippen LogP) is 4.69. The molecule has 0 aliphatic carbocycles. The van der Waals surface area contributed by atoms with Crippen molar-refractivity contribution in [3.05, 3.63) is 68.1 Å². The van der Waals surface area contributed by atoms with Crippen molar-refractivity contribution < 1.29 is 4.42 Å². The number of nitrogens with zero attached hydrogens (tertiary/aromatic N) is 1. The number of halogens is 2. The van der Waals surface area contributed by atoms with E-state index in [9.17, 15) is 4.79 Å². The number of alkyl halides is 1. The summed E-state index contributed by atoms with van der Waals surface area (Å²) >= 11 is 7.32. The minimum Gasteiger partial charge on any atom is -0.408 e. The monoisotopic (exact) mass is 409 g/mol. The smallest absolute Gasteiger partial charge is 0.408 e. The highest BCUT2D eigenvalue weighted by Gasteiger charge is 2.16. The van der Waals surface area contributed by atoms with Crippen LogP contribution < -0.4 is 5.76 Å². The Labute approximate surface area is 138 Å². The van der Waals surface area contributed by atoms with E-state index in [0.29, 0.717) is 5.58 Å². The first-order valence-corrected chi connectivity index (χ1v) is 8.18. The van der Waals surface area contributed by atoms with Gasteiger partial charge >= 0.3 is 5.76 Å². The van der Waals surface area contributed by atoms with Crippen LogP contribution >= 0.6 is 31.9 Å². The van der Waals surface area contributed by atoms with E-state index in [1.54, 1.807) is 7.05 Å². The summed E-state index contributed by atoms with van der Waals surface area (Å²) in [5.74, 6) is -0.343. The van der Waals surface area contributed by atoms with Gasteiger partial charge in [0.15, 0.2) is 5.58 Å². The molecule has 0 aliphatic heterocycles. The zero-order valence-electron chi connectivity index (χ0n) is 11.6. The number of oxazole rings is 1. The van der Waals surface area contributed by atoms with Gasteiger partial charge in [-0.3, -0.25) is 4.57 Å². The van der Waals surface area contributed by atoms with Crippen LogP contribution in [0.5, 0.6) is 0 Å². The summed E-state index contributed by atoms with van der Waals surface area (Å²) in [6.07, 6.45) is 0. The van der Waals surface area contributed by atoms with Gasteiger partial charge in [0.1, 0.15) is 0 Å². The Balaban J connectivity index is 2.11. The molecule has 1 heterocycles. The number of hydrogen-bond donors (Lipinski definition) is 0. The van der Waals surface area contributed by atoms with E-state index in [0.717, 1.165) is 21.1 Å². The highest BCUT2D eigenvalue weighted by molar-refractivity contribution is 9.11. The zero-order valence-corrected chi connectivity index (χ0v) is 14.7. The molecule has 5 heteroatoms. The molecule has 2 aromatic carbocycles. The SMILES string of the molecule is Cc1ccc(Br)c(C(Br)c2ccc3c(c2)oc(=O)n3C)c1. The van der Waals surface area contributed by atoms with Crippen molar-refractivity contribution in [3.8, 4) is 0 Å². The molecule has 0 saturated carbocycles. The molecule has 0 radical (unpaired) electrons. The molecule has 3 nitrogen and oxygen atoms in total. The van der Waals surface area contributed by atoms with Gasteiger partial charge in [0, 0.05) is 11.5 Å². The number of hydrogen-bond acceptors (Lipinski definition) is 2. The third-order valence-corrected chi connectivity index (χ3v) is 5.28. The fourth-order valence-corrected chi connectivity index (χ4v) is 3.79. The fraction of sp³-hybridized carbons (Fsp3) is 0.188. The van der Waals surface area contributed by atoms with Gasteiger partial charge in [-0.05, 0) is 36.2 Å². The van der Waals surface area contributed by atoms with Crippen LogP contribution in [-0.2, 0) is 7.05 Å². The molecule has 0 bridgehead atoms. The second-order valence-electron chi connectivity index (χ2n) is 5.04. The van der Waals surface area contributed by atoms with E-state index in [2.05, 4.69) is 50.9 Å². The van der Waals surface area contributed by atoms with Crippen molar-refractivity contribution in [3.63, 3.8) is 0 Å². The summed E-state index contributed by atoms with van der Waals surface area (Å²) in [5, 5.41) is 0. The van der Waals surface area contributed by atoms with Gasteiger partial charge in [-0.2, -0.15) is 0 Å².